The van der Waals surface area contributed by atoms with Gasteiger partial charge in [0, 0.05) is 30.7 Å². The Hall–Kier alpha value is -3.26. The maximum Gasteiger partial charge on any atom is 0.279 e. The zero-order valence-electron chi connectivity index (χ0n) is 18.5. The van der Waals surface area contributed by atoms with Crippen LogP contribution in [0.5, 0.6) is 11.5 Å². The Kier molecular flexibility index (Phi) is 6.23. The van der Waals surface area contributed by atoms with Gasteiger partial charge in [0.2, 0.25) is 5.91 Å². The second-order valence-electron chi connectivity index (χ2n) is 7.71. The lowest BCUT2D eigenvalue weighted by Crippen LogP contribution is -2.33. The van der Waals surface area contributed by atoms with Gasteiger partial charge < -0.3 is 19.4 Å². The summed E-state index contributed by atoms with van der Waals surface area (Å²) in [6, 6.07) is 13.6. The molecule has 0 radical (unpaired) electrons. The summed E-state index contributed by atoms with van der Waals surface area (Å²) in [5, 5.41) is 3.43. The molecule has 0 saturated carbocycles. The van der Waals surface area contributed by atoms with Crippen molar-refractivity contribution in [2.75, 3.05) is 19.5 Å². The molecule has 0 fully saturated rings. The Bertz CT molecular complexity index is 1220. The highest BCUT2D eigenvalue weighted by molar-refractivity contribution is 7.98. The van der Waals surface area contributed by atoms with Gasteiger partial charge in [0.25, 0.3) is 5.56 Å². The van der Waals surface area contributed by atoms with E-state index in [-0.39, 0.29) is 17.9 Å². The summed E-state index contributed by atoms with van der Waals surface area (Å²) in [5.41, 5.74) is 3.16. The fraction of sp³-hybridized carbons (Fsp3) is 0.292. The molecule has 3 aromatic rings. The number of methoxy groups -OCH3 is 2. The number of rotatable bonds is 6. The highest BCUT2D eigenvalue weighted by atomic mass is 32.2. The molecule has 1 atom stereocenters. The number of carbonyl (C=O) groups excluding carboxylic acids is 1. The predicted octanol–water partition coefficient (Wildman–Crippen LogP) is 3.87. The third-order valence-electron chi connectivity index (χ3n) is 5.60. The van der Waals surface area contributed by atoms with Crippen molar-refractivity contribution < 1.29 is 14.3 Å². The second kappa shape index (κ2) is 9.08. The average molecular weight is 452 g/mol. The molecule has 4 rings (SSSR count). The second-order valence-corrected chi connectivity index (χ2v) is 8.65. The number of hydrogen-bond donors (Lipinski definition) is 1. The Balaban J connectivity index is 1.75. The van der Waals surface area contributed by atoms with Crippen molar-refractivity contribution in [1.82, 2.24) is 9.55 Å². The summed E-state index contributed by atoms with van der Waals surface area (Å²) in [7, 11) is 4.95. The van der Waals surface area contributed by atoms with Gasteiger partial charge in [-0.05, 0) is 30.7 Å². The van der Waals surface area contributed by atoms with Crippen molar-refractivity contribution in [2.24, 2.45) is 7.05 Å². The Labute approximate surface area is 190 Å². The number of fused-ring (bicyclic) bond motifs is 1. The summed E-state index contributed by atoms with van der Waals surface area (Å²) in [6.07, 6.45) is 0.128. The first kappa shape index (κ1) is 22.0. The minimum absolute atomic E-state index is 0.128. The van der Waals surface area contributed by atoms with Crippen LogP contribution in [0.3, 0.4) is 0 Å². The van der Waals surface area contributed by atoms with E-state index < -0.39 is 5.92 Å². The molecule has 7 nitrogen and oxygen atoms in total. The van der Waals surface area contributed by atoms with Gasteiger partial charge in [-0.15, -0.1) is 0 Å². The number of thioether (sulfide) groups is 1. The lowest BCUT2D eigenvalue weighted by atomic mass is 9.86. The van der Waals surface area contributed by atoms with Crippen LogP contribution in [0.25, 0.3) is 0 Å². The van der Waals surface area contributed by atoms with Gasteiger partial charge in [-0.3, -0.25) is 9.59 Å². The molecular formula is C24H25N3O4S. The van der Waals surface area contributed by atoms with E-state index in [0.29, 0.717) is 33.8 Å². The van der Waals surface area contributed by atoms with Crippen LogP contribution in [0.2, 0.25) is 0 Å². The van der Waals surface area contributed by atoms with E-state index in [2.05, 4.69) is 34.6 Å². The maximum absolute atomic E-state index is 13.2. The van der Waals surface area contributed by atoms with E-state index in [4.69, 9.17) is 9.47 Å². The monoisotopic (exact) mass is 451 g/mol. The standard InChI is InChI=1S/C24H25N3O4S/c1-14-5-7-15(8-6-14)13-32-24-26-23(29)21-18(12-20(28)25-22(21)27(24)2)17-11-16(30-3)9-10-19(17)31-4/h5-11,18H,12-13H2,1-4H3,(H,25,28)/t18-/m1/s1. The normalized spacial score (nSPS) is 15.1. The third-order valence-corrected chi connectivity index (χ3v) is 6.70. The molecular weight excluding hydrogens is 426 g/mol. The van der Waals surface area contributed by atoms with Gasteiger partial charge in [0.15, 0.2) is 5.16 Å². The zero-order valence-corrected chi connectivity index (χ0v) is 19.3. The van der Waals surface area contributed by atoms with Gasteiger partial charge in [0.05, 0.1) is 19.8 Å². The number of hydrogen-bond acceptors (Lipinski definition) is 6. The fourth-order valence-electron chi connectivity index (χ4n) is 3.87. The van der Waals surface area contributed by atoms with E-state index in [0.717, 1.165) is 11.1 Å². The molecule has 0 unspecified atom stereocenters. The number of nitrogens with one attached hydrogen (secondary N) is 1. The zero-order chi connectivity index (χ0) is 22.8. The number of carbonyl (C=O) groups is 1. The van der Waals surface area contributed by atoms with Crippen molar-refractivity contribution in [3.8, 4) is 11.5 Å². The van der Waals surface area contributed by atoms with Crippen LogP contribution < -0.4 is 20.3 Å². The van der Waals surface area contributed by atoms with Gasteiger partial charge in [-0.1, -0.05) is 41.6 Å². The molecule has 0 saturated heterocycles. The Morgan fingerprint density at radius 1 is 1.12 bits per heavy atom. The first-order valence-corrected chi connectivity index (χ1v) is 11.2. The largest absolute Gasteiger partial charge is 0.497 e. The number of benzene rings is 2. The van der Waals surface area contributed by atoms with Crippen molar-refractivity contribution in [2.45, 2.75) is 30.2 Å². The average Bonchev–Trinajstić information content (AvgIpc) is 2.80. The smallest absolute Gasteiger partial charge is 0.279 e. The number of ether oxygens (including phenoxy) is 2. The first-order chi connectivity index (χ1) is 15.4. The van der Waals surface area contributed by atoms with Crippen molar-refractivity contribution in [3.63, 3.8) is 0 Å². The molecule has 1 aromatic heterocycles. The van der Waals surface area contributed by atoms with Crippen LogP contribution in [-0.2, 0) is 17.6 Å². The minimum Gasteiger partial charge on any atom is -0.497 e. The number of aromatic nitrogens is 2. The van der Waals surface area contributed by atoms with Crippen LogP contribution in [0, 0.1) is 6.92 Å². The fourth-order valence-corrected chi connectivity index (χ4v) is 4.79. The SMILES string of the molecule is COc1ccc(OC)c([C@H]2CC(=O)Nc3c2c(=O)nc(SCc2ccc(C)cc2)n3C)c1. The summed E-state index contributed by atoms with van der Waals surface area (Å²) >= 11 is 1.46. The Morgan fingerprint density at radius 2 is 1.88 bits per heavy atom. The predicted molar refractivity (Wildman–Crippen MR) is 125 cm³/mol. The van der Waals surface area contributed by atoms with Gasteiger partial charge >= 0.3 is 0 Å². The van der Waals surface area contributed by atoms with Crippen LogP contribution in [0.4, 0.5) is 5.82 Å². The minimum atomic E-state index is -0.480. The first-order valence-electron chi connectivity index (χ1n) is 10.2. The summed E-state index contributed by atoms with van der Waals surface area (Å²) in [4.78, 5) is 30.2. The highest BCUT2D eigenvalue weighted by Crippen LogP contribution is 2.41. The number of amides is 1. The molecule has 1 aliphatic heterocycles. The molecule has 0 spiro atoms. The third kappa shape index (κ3) is 4.23. The van der Waals surface area contributed by atoms with Crippen molar-refractivity contribution in [3.05, 3.63) is 75.1 Å². The molecule has 1 N–H and O–H groups in total. The van der Waals surface area contributed by atoms with Crippen LogP contribution in [-0.4, -0.2) is 29.7 Å². The number of anilines is 1. The van der Waals surface area contributed by atoms with E-state index in [1.165, 1.54) is 17.3 Å². The van der Waals surface area contributed by atoms with E-state index in [9.17, 15) is 9.59 Å². The molecule has 1 amide bonds. The lowest BCUT2D eigenvalue weighted by molar-refractivity contribution is -0.116. The molecule has 0 aliphatic carbocycles. The van der Waals surface area contributed by atoms with Gasteiger partial charge in [-0.25, -0.2) is 0 Å². The lowest BCUT2D eigenvalue weighted by Gasteiger charge is -2.28. The molecule has 2 heterocycles. The Morgan fingerprint density at radius 3 is 2.56 bits per heavy atom. The maximum atomic E-state index is 13.2. The van der Waals surface area contributed by atoms with Gasteiger partial charge in [0.1, 0.15) is 17.3 Å². The molecule has 8 heteroatoms. The molecule has 32 heavy (non-hydrogen) atoms. The summed E-state index contributed by atoms with van der Waals surface area (Å²) in [6.45, 7) is 2.04. The molecule has 0 bridgehead atoms. The van der Waals surface area contributed by atoms with E-state index in [1.807, 2.05) is 20.0 Å². The summed E-state index contributed by atoms with van der Waals surface area (Å²) in [5.74, 6) is 1.72. The van der Waals surface area contributed by atoms with E-state index in [1.54, 1.807) is 30.9 Å². The van der Waals surface area contributed by atoms with Gasteiger partial charge in [-0.2, -0.15) is 4.98 Å². The molecule has 2 aromatic carbocycles. The topological polar surface area (TPSA) is 82.4 Å². The van der Waals surface area contributed by atoms with Crippen molar-refractivity contribution in [1.29, 1.82) is 0 Å². The number of aryl methyl sites for hydroxylation is 1. The quantitative estimate of drug-likeness (QED) is 0.453. The molecule has 166 valence electrons. The van der Waals surface area contributed by atoms with Crippen LogP contribution >= 0.6 is 11.8 Å². The highest BCUT2D eigenvalue weighted by Gasteiger charge is 2.34. The molecule has 1 aliphatic rings. The van der Waals surface area contributed by atoms with Crippen LogP contribution in [0.15, 0.2) is 52.4 Å². The number of nitrogens with zero attached hydrogens (tertiary/aromatic N) is 2. The van der Waals surface area contributed by atoms with Crippen molar-refractivity contribution >= 4 is 23.5 Å². The van der Waals surface area contributed by atoms with Crippen LogP contribution in [0.1, 0.15) is 34.6 Å². The van der Waals surface area contributed by atoms with E-state index >= 15 is 0 Å². The summed E-state index contributed by atoms with van der Waals surface area (Å²) < 4.78 is 12.7.